The highest BCUT2D eigenvalue weighted by atomic mass is 35.5. The molecular weight excluding hydrogens is 486 g/mol. The molecule has 8 heteroatoms. The maximum Gasteiger partial charge on any atom is 0.290 e. The Labute approximate surface area is 222 Å². The summed E-state index contributed by atoms with van der Waals surface area (Å²) < 4.78 is 6.26. The van der Waals surface area contributed by atoms with Crippen LogP contribution < -0.4 is 4.90 Å². The van der Waals surface area contributed by atoms with Crippen molar-refractivity contribution in [2.45, 2.75) is 52.5 Å². The summed E-state index contributed by atoms with van der Waals surface area (Å²) in [5.74, 6) is 0.855. The monoisotopic (exact) mass is 517 g/mol. The van der Waals surface area contributed by atoms with Crippen molar-refractivity contribution in [1.29, 1.82) is 0 Å². The van der Waals surface area contributed by atoms with E-state index in [2.05, 4.69) is 49.5 Å². The van der Waals surface area contributed by atoms with Gasteiger partial charge in [-0.05, 0) is 50.5 Å². The van der Waals surface area contributed by atoms with Crippen LogP contribution in [0.25, 0.3) is 22.4 Å². The van der Waals surface area contributed by atoms with Gasteiger partial charge in [0.1, 0.15) is 5.52 Å². The molecule has 0 bridgehead atoms. The van der Waals surface area contributed by atoms with Crippen molar-refractivity contribution in [2.24, 2.45) is 0 Å². The number of furan rings is 1. The van der Waals surface area contributed by atoms with Gasteiger partial charge in [0, 0.05) is 53.7 Å². The topological polar surface area (TPSA) is 75.4 Å². The van der Waals surface area contributed by atoms with E-state index in [1.54, 1.807) is 12.3 Å². The first-order valence-electron chi connectivity index (χ1n) is 12.5. The molecule has 1 aliphatic rings. The van der Waals surface area contributed by atoms with Gasteiger partial charge in [-0.25, -0.2) is 15.0 Å². The molecule has 37 heavy (non-hydrogen) atoms. The molecule has 0 N–H and O–H groups in total. The number of halogens is 1. The summed E-state index contributed by atoms with van der Waals surface area (Å²) in [6, 6.07) is 13.3. The van der Waals surface area contributed by atoms with Crippen LogP contribution in [0.3, 0.4) is 0 Å². The highest BCUT2D eigenvalue weighted by molar-refractivity contribution is 6.30. The van der Waals surface area contributed by atoms with E-state index in [0.29, 0.717) is 47.5 Å². The fourth-order valence-electron chi connectivity index (χ4n) is 4.88. The molecule has 192 valence electrons. The number of hydrogen-bond donors (Lipinski definition) is 0. The highest BCUT2D eigenvalue weighted by Gasteiger charge is 2.39. The number of piperazine rings is 1. The van der Waals surface area contributed by atoms with Crippen LogP contribution in [0, 0.1) is 6.92 Å². The van der Waals surface area contributed by atoms with Crippen LogP contribution in [-0.2, 0) is 5.41 Å². The van der Waals surface area contributed by atoms with E-state index >= 15 is 0 Å². The Morgan fingerprint density at radius 2 is 1.78 bits per heavy atom. The molecule has 0 atom stereocenters. The molecule has 1 fully saturated rings. The largest absolute Gasteiger partial charge is 0.449 e. The Kier molecular flexibility index (Phi) is 6.23. The van der Waals surface area contributed by atoms with Gasteiger partial charge < -0.3 is 14.2 Å². The first-order valence-corrected chi connectivity index (χ1v) is 12.9. The van der Waals surface area contributed by atoms with E-state index < -0.39 is 5.54 Å². The Morgan fingerprint density at radius 1 is 1.05 bits per heavy atom. The second-order valence-corrected chi connectivity index (χ2v) is 11.8. The molecule has 4 heterocycles. The predicted molar refractivity (Wildman–Crippen MR) is 147 cm³/mol. The summed E-state index contributed by atoms with van der Waals surface area (Å²) in [7, 11) is 0. The molecule has 1 amide bonds. The van der Waals surface area contributed by atoms with Crippen LogP contribution in [0.4, 0.5) is 5.95 Å². The third-order valence-corrected chi connectivity index (χ3v) is 7.10. The first-order chi connectivity index (χ1) is 17.4. The Hall–Kier alpha value is -3.45. The third kappa shape index (κ3) is 4.92. The van der Waals surface area contributed by atoms with E-state index in [0.717, 1.165) is 22.5 Å². The second-order valence-electron chi connectivity index (χ2n) is 11.3. The van der Waals surface area contributed by atoms with Gasteiger partial charge in [-0.3, -0.25) is 4.79 Å². The molecule has 1 aromatic carbocycles. The zero-order chi connectivity index (χ0) is 26.5. The Morgan fingerprint density at radius 3 is 2.43 bits per heavy atom. The second kappa shape index (κ2) is 9.14. The Balaban J connectivity index is 1.49. The molecule has 5 rings (SSSR count). The van der Waals surface area contributed by atoms with Crippen molar-refractivity contribution in [3.05, 3.63) is 70.7 Å². The molecule has 0 aliphatic carbocycles. The van der Waals surface area contributed by atoms with Gasteiger partial charge in [-0.2, -0.15) is 0 Å². The third-order valence-electron chi connectivity index (χ3n) is 6.85. The number of rotatable bonds is 3. The van der Waals surface area contributed by atoms with Gasteiger partial charge in [0.05, 0.1) is 11.2 Å². The van der Waals surface area contributed by atoms with Gasteiger partial charge in [0.25, 0.3) is 5.91 Å². The van der Waals surface area contributed by atoms with Crippen LogP contribution in [-0.4, -0.2) is 50.9 Å². The molecule has 1 saturated heterocycles. The number of carbonyl (C=O) groups is 1. The molecule has 7 nitrogen and oxygen atoms in total. The average Bonchev–Trinajstić information content (AvgIpc) is 3.26. The maximum absolute atomic E-state index is 13.8. The number of nitrogens with zero attached hydrogens (tertiary/aromatic N) is 5. The molecule has 0 saturated carbocycles. The van der Waals surface area contributed by atoms with Crippen LogP contribution in [0.5, 0.6) is 0 Å². The first kappa shape index (κ1) is 25.2. The molecule has 4 aromatic rings. The van der Waals surface area contributed by atoms with E-state index in [1.165, 1.54) is 0 Å². The molecule has 0 unspecified atom stereocenters. The SMILES string of the molecule is Cc1ccnc(N2CCN(C(=O)c3cc4nc(-c5ccc(Cl)cc5)cc(C(C)(C)C)c4o3)C(C)(C)C2)n1. The summed E-state index contributed by atoms with van der Waals surface area (Å²) in [5, 5.41) is 0.675. The lowest BCUT2D eigenvalue weighted by Gasteiger charge is -2.46. The lowest BCUT2D eigenvalue weighted by Crippen LogP contribution is -2.61. The average molecular weight is 518 g/mol. The highest BCUT2D eigenvalue weighted by Crippen LogP contribution is 2.36. The minimum atomic E-state index is -0.448. The quantitative estimate of drug-likeness (QED) is 0.318. The van der Waals surface area contributed by atoms with E-state index in [1.807, 2.05) is 48.2 Å². The summed E-state index contributed by atoms with van der Waals surface area (Å²) in [4.78, 5) is 31.7. The fourth-order valence-corrected chi connectivity index (χ4v) is 5.00. The van der Waals surface area contributed by atoms with Crippen LogP contribution >= 0.6 is 11.6 Å². The lowest BCUT2D eigenvalue weighted by atomic mass is 9.86. The summed E-state index contributed by atoms with van der Waals surface area (Å²) in [6.45, 7) is 14.3. The number of aryl methyl sites for hydroxylation is 1. The van der Waals surface area contributed by atoms with Gasteiger partial charge >= 0.3 is 0 Å². The fraction of sp³-hybridized carbons (Fsp3) is 0.379. The summed E-state index contributed by atoms with van der Waals surface area (Å²) in [6.07, 6.45) is 1.77. The smallest absolute Gasteiger partial charge is 0.290 e. The van der Waals surface area contributed by atoms with Crippen LogP contribution in [0.1, 0.15) is 56.4 Å². The summed E-state index contributed by atoms with van der Waals surface area (Å²) in [5.41, 5.74) is 4.37. The van der Waals surface area contributed by atoms with Crippen molar-refractivity contribution >= 4 is 34.6 Å². The summed E-state index contributed by atoms with van der Waals surface area (Å²) >= 11 is 6.10. The van der Waals surface area contributed by atoms with Crippen molar-refractivity contribution in [1.82, 2.24) is 19.9 Å². The van der Waals surface area contributed by atoms with Crippen molar-refractivity contribution in [3.63, 3.8) is 0 Å². The van der Waals surface area contributed by atoms with Gasteiger partial charge in [-0.1, -0.05) is 44.5 Å². The molecule has 3 aromatic heterocycles. The number of carbonyl (C=O) groups excluding carboxylic acids is 1. The van der Waals surface area contributed by atoms with Crippen molar-refractivity contribution < 1.29 is 9.21 Å². The number of hydrogen-bond acceptors (Lipinski definition) is 6. The number of fused-ring (bicyclic) bond motifs is 1. The van der Waals surface area contributed by atoms with Crippen molar-refractivity contribution in [3.8, 4) is 11.3 Å². The normalized spacial score (nSPS) is 15.9. The molecule has 0 radical (unpaired) electrons. The predicted octanol–water partition coefficient (Wildman–Crippen LogP) is 6.29. The van der Waals surface area contributed by atoms with Crippen LogP contribution in [0.2, 0.25) is 5.02 Å². The zero-order valence-corrected chi connectivity index (χ0v) is 22.9. The minimum absolute atomic E-state index is 0.138. The van der Waals surface area contributed by atoms with Crippen LogP contribution in [0.15, 0.2) is 53.1 Å². The number of aromatic nitrogens is 3. The van der Waals surface area contributed by atoms with Crippen molar-refractivity contribution in [2.75, 3.05) is 24.5 Å². The number of anilines is 1. The zero-order valence-electron chi connectivity index (χ0n) is 22.2. The van der Waals surface area contributed by atoms with Gasteiger partial charge in [0.15, 0.2) is 11.3 Å². The number of benzene rings is 1. The standard InChI is InChI=1S/C29H32ClN5O2/c1-18-11-12-31-27(32-18)34-13-14-35(29(5,6)17-34)26(36)24-16-23-25(37-24)21(28(2,3)4)15-22(33-23)19-7-9-20(30)10-8-19/h7-12,15-16H,13-14,17H2,1-6H3. The maximum atomic E-state index is 13.8. The molecule has 0 spiro atoms. The number of pyridine rings is 1. The van der Waals surface area contributed by atoms with Gasteiger partial charge in [0.2, 0.25) is 5.95 Å². The van der Waals surface area contributed by atoms with E-state index in [9.17, 15) is 4.79 Å². The minimum Gasteiger partial charge on any atom is -0.449 e. The van der Waals surface area contributed by atoms with E-state index in [-0.39, 0.29) is 11.3 Å². The van der Waals surface area contributed by atoms with E-state index in [4.69, 9.17) is 21.0 Å². The molecular formula is C29H32ClN5O2. The number of amides is 1. The lowest BCUT2D eigenvalue weighted by molar-refractivity contribution is 0.0482. The molecule has 1 aliphatic heterocycles. The van der Waals surface area contributed by atoms with Gasteiger partial charge in [-0.15, -0.1) is 0 Å². The Bertz CT molecular complexity index is 1470.